The van der Waals surface area contributed by atoms with E-state index in [9.17, 15) is 4.79 Å². The molecule has 0 bridgehead atoms. The van der Waals surface area contributed by atoms with Crippen LogP contribution in [0.4, 0.5) is 0 Å². The van der Waals surface area contributed by atoms with Gasteiger partial charge in [0.25, 0.3) is 0 Å². The molecule has 1 aromatic carbocycles. The number of carbonyl (C=O) groups excluding carboxylic acids is 1. The first-order chi connectivity index (χ1) is 8.74. The average Bonchev–Trinajstić information content (AvgIpc) is 2.43. The smallest absolute Gasteiger partial charge is 0.161 e. The molecule has 0 saturated heterocycles. The van der Waals surface area contributed by atoms with Gasteiger partial charge in [-0.05, 0) is 31.3 Å². The van der Waals surface area contributed by atoms with Crippen molar-refractivity contribution < 1.29 is 14.3 Å². The molecule has 0 saturated carbocycles. The second kappa shape index (κ2) is 7.71. The number of nitrogens with zero attached hydrogens (tertiary/aromatic N) is 1. The topological polar surface area (TPSA) is 38.8 Å². The second-order valence-corrected chi connectivity index (χ2v) is 3.90. The maximum absolute atomic E-state index is 10.7. The van der Waals surface area contributed by atoms with E-state index in [0.29, 0.717) is 23.7 Å². The molecule has 0 unspecified atom stereocenters. The van der Waals surface area contributed by atoms with E-state index in [1.54, 1.807) is 25.3 Å². The normalized spacial score (nSPS) is 10.4. The van der Waals surface area contributed by atoms with Gasteiger partial charge < -0.3 is 14.4 Å². The van der Waals surface area contributed by atoms with Gasteiger partial charge in [0, 0.05) is 12.1 Å². The molecule has 1 aromatic rings. The molecule has 0 N–H and O–H groups in total. The first-order valence-corrected chi connectivity index (χ1v) is 6.23. The fourth-order valence-electron chi connectivity index (χ4n) is 1.70. The molecule has 0 heterocycles. The molecule has 4 heteroatoms. The van der Waals surface area contributed by atoms with E-state index in [1.807, 2.05) is 0 Å². The number of rotatable bonds is 8. The Morgan fingerprint density at radius 3 is 2.50 bits per heavy atom. The minimum absolute atomic E-state index is 0.586. The zero-order valence-electron chi connectivity index (χ0n) is 11.3. The van der Waals surface area contributed by atoms with Gasteiger partial charge in [0.2, 0.25) is 0 Å². The maximum Gasteiger partial charge on any atom is 0.161 e. The largest absolute Gasteiger partial charge is 0.493 e. The number of likely N-dealkylation sites (N-methyl/N-ethyl adjacent to an activating group) is 1. The molecule has 4 nitrogen and oxygen atoms in total. The third-order valence-electron chi connectivity index (χ3n) is 2.88. The van der Waals surface area contributed by atoms with Crippen molar-refractivity contribution >= 4 is 6.29 Å². The van der Waals surface area contributed by atoms with E-state index in [-0.39, 0.29) is 0 Å². The van der Waals surface area contributed by atoms with Crippen molar-refractivity contribution in [1.82, 2.24) is 4.90 Å². The van der Waals surface area contributed by atoms with Gasteiger partial charge in [-0.3, -0.25) is 4.79 Å². The summed E-state index contributed by atoms with van der Waals surface area (Å²) >= 11 is 0. The Kier molecular flexibility index (Phi) is 6.22. The monoisotopic (exact) mass is 251 g/mol. The van der Waals surface area contributed by atoms with Crippen LogP contribution in [0.5, 0.6) is 11.5 Å². The van der Waals surface area contributed by atoms with Crippen LogP contribution < -0.4 is 9.47 Å². The fourth-order valence-corrected chi connectivity index (χ4v) is 1.70. The lowest BCUT2D eigenvalue weighted by Crippen LogP contribution is -2.27. The summed E-state index contributed by atoms with van der Waals surface area (Å²) in [6.07, 6.45) is 0.794. The molecule has 1 rings (SSSR count). The highest BCUT2D eigenvalue weighted by Crippen LogP contribution is 2.27. The van der Waals surface area contributed by atoms with Crippen LogP contribution in [0.25, 0.3) is 0 Å². The molecule has 0 radical (unpaired) electrons. The summed E-state index contributed by atoms with van der Waals surface area (Å²) in [6.45, 7) is 7.78. The Balaban J connectivity index is 2.58. The summed E-state index contributed by atoms with van der Waals surface area (Å²) in [5, 5.41) is 0. The van der Waals surface area contributed by atoms with E-state index < -0.39 is 0 Å². The average molecular weight is 251 g/mol. The van der Waals surface area contributed by atoms with Crippen LogP contribution in [0.2, 0.25) is 0 Å². The Hall–Kier alpha value is -1.55. The van der Waals surface area contributed by atoms with Crippen LogP contribution in [0.3, 0.4) is 0 Å². The molecule has 18 heavy (non-hydrogen) atoms. The van der Waals surface area contributed by atoms with E-state index >= 15 is 0 Å². The van der Waals surface area contributed by atoms with Crippen LogP contribution in [0.15, 0.2) is 18.2 Å². The van der Waals surface area contributed by atoms with Crippen molar-refractivity contribution in [2.75, 3.05) is 33.4 Å². The van der Waals surface area contributed by atoms with E-state index in [4.69, 9.17) is 9.47 Å². The Labute approximate surface area is 108 Å². The molecule has 0 amide bonds. The van der Waals surface area contributed by atoms with Crippen LogP contribution in [0, 0.1) is 0 Å². The second-order valence-electron chi connectivity index (χ2n) is 3.90. The highest BCUT2D eigenvalue weighted by molar-refractivity contribution is 5.76. The summed E-state index contributed by atoms with van der Waals surface area (Å²) in [5.74, 6) is 1.27. The van der Waals surface area contributed by atoms with Gasteiger partial charge in [0.05, 0.1) is 7.11 Å². The van der Waals surface area contributed by atoms with E-state index in [2.05, 4.69) is 18.7 Å². The standard InChI is InChI=1S/C14H21NO3/c1-4-15(5-2)8-9-18-13-7-6-12(11-16)10-14(13)17-3/h6-7,10-11H,4-5,8-9H2,1-3H3. The van der Waals surface area contributed by atoms with Gasteiger partial charge in [0.1, 0.15) is 12.9 Å². The lowest BCUT2D eigenvalue weighted by molar-refractivity contribution is 0.112. The van der Waals surface area contributed by atoms with Gasteiger partial charge in [-0.2, -0.15) is 0 Å². The third-order valence-corrected chi connectivity index (χ3v) is 2.88. The van der Waals surface area contributed by atoms with E-state index in [1.165, 1.54) is 0 Å². The molecule has 0 fully saturated rings. The first kappa shape index (κ1) is 14.5. The zero-order chi connectivity index (χ0) is 13.4. The van der Waals surface area contributed by atoms with Crippen molar-refractivity contribution in [2.45, 2.75) is 13.8 Å². The van der Waals surface area contributed by atoms with Gasteiger partial charge in [-0.15, -0.1) is 0 Å². The van der Waals surface area contributed by atoms with Gasteiger partial charge in [-0.25, -0.2) is 0 Å². The Morgan fingerprint density at radius 2 is 1.94 bits per heavy atom. The molecule has 0 aromatic heterocycles. The summed E-state index contributed by atoms with van der Waals surface area (Å²) in [5.41, 5.74) is 0.586. The van der Waals surface area contributed by atoms with Crippen LogP contribution in [-0.4, -0.2) is 44.5 Å². The summed E-state index contributed by atoms with van der Waals surface area (Å²) in [7, 11) is 1.57. The van der Waals surface area contributed by atoms with Crippen molar-refractivity contribution in [3.05, 3.63) is 23.8 Å². The summed E-state index contributed by atoms with van der Waals surface area (Å²) in [4.78, 5) is 12.9. The number of benzene rings is 1. The highest BCUT2D eigenvalue weighted by atomic mass is 16.5. The Morgan fingerprint density at radius 1 is 1.22 bits per heavy atom. The molecule has 0 aliphatic carbocycles. The maximum atomic E-state index is 10.7. The number of ether oxygens (including phenoxy) is 2. The van der Waals surface area contributed by atoms with Gasteiger partial charge >= 0.3 is 0 Å². The molecular formula is C14H21NO3. The summed E-state index contributed by atoms with van der Waals surface area (Å²) in [6, 6.07) is 5.17. The number of methoxy groups -OCH3 is 1. The molecule has 0 aliphatic rings. The molecule has 100 valence electrons. The number of hydrogen-bond donors (Lipinski definition) is 0. The summed E-state index contributed by atoms with van der Waals surface area (Å²) < 4.78 is 10.9. The van der Waals surface area contributed by atoms with Crippen molar-refractivity contribution in [3.8, 4) is 11.5 Å². The SMILES string of the molecule is CCN(CC)CCOc1ccc(C=O)cc1OC. The number of aldehydes is 1. The fraction of sp³-hybridized carbons (Fsp3) is 0.500. The minimum Gasteiger partial charge on any atom is -0.493 e. The minimum atomic E-state index is 0.586. The molecule has 0 spiro atoms. The number of hydrogen-bond acceptors (Lipinski definition) is 4. The zero-order valence-corrected chi connectivity index (χ0v) is 11.3. The van der Waals surface area contributed by atoms with E-state index in [0.717, 1.165) is 25.9 Å². The lowest BCUT2D eigenvalue weighted by Gasteiger charge is -2.18. The highest BCUT2D eigenvalue weighted by Gasteiger charge is 2.06. The molecular weight excluding hydrogens is 230 g/mol. The molecule has 0 aliphatic heterocycles. The van der Waals surface area contributed by atoms with Crippen molar-refractivity contribution in [3.63, 3.8) is 0 Å². The predicted molar refractivity (Wildman–Crippen MR) is 71.7 cm³/mol. The number of carbonyl (C=O) groups is 1. The van der Waals surface area contributed by atoms with Crippen LogP contribution in [-0.2, 0) is 0 Å². The van der Waals surface area contributed by atoms with Crippen molar-refractivity contribution in [1.29, 1.82) is 0 Å². The quantitative estimate of drug-likeness (QED) is 0.664. The molecule has 0 atom stereocenters. The van der Waals surface area contributed by atoms with Gasteiger partial charge in [-0.1, -0.05) is 13.8 Å². The van der Waals surface area contributed by atoms with Crippen LogP contribution in [0.1, 0.15) is 24.2 Å². The van der Waals surface area contributed by atoms with Crippen molar-refractivity contribution in [2.24, 2.45) is 0 Å². The van der Waals surface area contributed by atoms with Gasteiger partial charge in [0.15, 0.2) is 11.5 Å². The predicted octanol–water partition coefficient (Wildman–Crippen LogP) is 2.23. The Bertz CT molecular complexity index is 375. The lowest BCUT2D eigenvalue weighted by atomic mass is 10.2. The van der Waals surface area contributed by atoms with Crippen LogP contribution >= 0.6 is 0 Å². The third kappa shape index (κ3) is 4.04. The first-order valence-electron chi connectivity index (χ1n) is 6.23.